The van der Waals surface area contributed by atoms with E-state index in [2.05, 4.69) is 56.3 Å². The Bertz CT molecular complexity index is 564. The molecule has 1 aliphatic rings. The lowest BCUT2D eigenvalue weighted by atomic mass is 9.96. The van der Waals surface area contributed by atoms with Crippen molar-refractivity contribution in [3.05, 3.63) is 21.8 Å². The number of nitrogens with zero attached hydrogens (tertiary/aromatic N) is 1. The summed E-state index contributed by atoms with van der Waals surface area (Å²) in [5, 5.41) is 6.07. The van der Waals surface area contributed by atoms with Gasteiger partial charge in [-0.05, 0) is 80.3 Å². The number of anilines is 2. The number of amides is 1. The van der Waals surface area contributed by atoms with E-state index in [0.29, 0.717) is 12.5 Å². The normalized spacial score (nSPS) is 16.0. The van der Waals surface area contributed by atoms with Crippen LogP contribution in [-0.4, -0.2) is 38.4 Å². The quantitative estimate of drug-likeness (QED) is 0.687. The van der Waals surface area contributed by atoms with Crippen molar-refractivity contribution in [1.82, 2.24) is 5.32 Å². The fourth-order valence-electron chi connectivity index (χ4n) is 2.84. The Balaban J connectivity index is 1.80. The standard InChI is InChI=1S/C18H28IN3O2/c1-18(2,3)24-17(23)21-12-13-7-9-22(10-8-13)16-6-5-14(20-4)11-15(16)19/h5-6,11,13,20H,7-10,12H2,1-4H3,(H,21,23). The van der Waals surface area contributed by atoms with Crippen molar-refractivity contribution in [1.29, 1.82) is 0 Å². The first-order chi connectivity index (χ1) is 11.3. The van der Waals surface area contributed by atoms with Crippen molar-refractivity contribution in [2.24, 2.45) is 5.92 Å². The Hall–Kier alpha value is -1.18. The first-order valence-corrected chi connectivity index (χ1v) is 9.55. The summed E-state index contributed by atoms with van der Waals surface area (Å²) in [5.41, 5.74) is 2.00. The zero-order valence-electron chi connectivity index (χ0n) is 15.0. The van der Waals surface area contributed by atoms with Gasteiger partial charge >= 0.3 is 6.09 Å². The number of piperidine rings is 1. The lowest BCUT2D eigenvalue weighted by molar-refractivity contribution is 0.0517. The van der Waals surface area contributed by atoms with Gasteiger partial charge in [-0.15, -0.1) is 0 Å². The third-order valence-electron chi connectivity index (χ3n) is 4.13. The number of benzene rings is 1. The summed E-state index contributed by atoms with van der Waals surface area (Å²) in [6, 6.07) is 6.48. The highest BCUT2D eigenvalue weighted by Crippen LogP contribution is 2.29. The first kappa shape index (κ1) is 19.1. The van der Waals surface area contributed by atoms with E-state index in [0.717, 1.165) is 31.6 Å². The molecule has 1 heterocycles. The number of hydrogen-bond acceptors (Lipinski definition) is 4. The molecule has 2 rings (SSSR count). The fourth-order valence-corrected chi connectivity index (χ4v) is 3.70. The van der Waals surface area contributed by atoms with E-state index in [1.165, 1.54) is 9.26 Å². The molecular weight excluding hydrogens is 417 g/mol. The number of ether oxygens (including phenoxy) is 1. The molecule has 0 bridgehead atoms. The maximum atomic E-state index is 11.7. The molecule has 0 atom stereocenters. The minimum Gasteiger partial charge on any atom is -0.444 e. The Morgan fingerprint density at radius 3 is 2.54 bits per heavy atom. The van der Waals surface area contributed by atoms with E-state index in [-0.39, 0.29) is 6.09 Å². The van der Waals surface area contributed by atoms with E-state index < -0.39 is 5.60 Å². The van der Waals surface area contributed by atoms with Gasteiger partial charge in [-0.3, -0.25) is 0 Å². The van der Waals surface area contributed by atoms with Gasteiger partial charge in [0.05, 0.1) is 5.69 Å². The molecule has 0 aliphatic carbocycles. The van der Waals surface area contributed by atoms with Gasteiger partial charge in [-0.25, -0.2) is 4.79 Å². The summed E-state index contributed by atoms with van der Waals surface area (Å²) in [4.78, 5) is 14.2. The molecule has 0 aromatic heterocycles. The van der Waals surface area contributed by atoms with Crippen molar-refractivity contribution < 1.29 is 9.53 Å². The third kappa shape index (κ3) is 5.72. The van der Waals surface area contributed by atoms with E-state index in [9.17, 15) is 4.79 Å². The second kappa shape index (κ2) is 8.27. The van der Waals surface area contributed by atoms with Crippen LogP contribution < -0.4 is 15.5 Å². The Morgan fingerprint density at radius 1 is 1.33 bits per heavy atom. The van der Waals surface area contributed by atoms with Gasteiger partial charge in [0.1, 0.15) is 5.60 Å². The molecule has 24 heavy (non-hydrogen) atoms. The number of nitrogens with one attached hydrogen (secondary N) is 2. The van der Waals surface area contributed by atoms with Crippen molar-refractivity contribution in [2.45, 2.75) is 39.2 Å². The molecule has 1 fully saturated rings. The lowest BCUT2D eigenvalue weighted by Gasteiger charge is -2.34. The van der Waals surface area contributed by atoms with Crippen LogP contribution in [0.1, 0.15) is 33.6 Å². The summed E-state index contributed by atoms with van der Waals surface area (Å²) >= 11 is 2.40. The van der Waals surface area contributed by atoms with Gasteiger partial charge < -0.3 is 20.3 Å². The van der Waals surface area contributed by atoms with Crippen molar-refractivity contribution in [2.75, 3.05) is 36.9 Å². The van der Waals surface area contributed by atoms with Crippen LogP contribution in [0.4, 0.5) is 16.2 Å². The van der Waals surface area contributed by atoms with Crippen LogP contribution in [0, 0.1) is 9.49 Å². The predicted octanol–water partition coefficient (Wildman–Crippen LogP) is 4.07. The van der Waals surface area contributed by atoms with E-state index in [1.807, 2.05) is 27.8 Å². The van der Waals surface area contributed by atoms with Crippen LogP contribution in [0.25, 0.3) is 0 Å². The molecule has 0 unspecified atom stereocenters. The van der Waals surface area contributed by atoms with Crippen LogP contribution in [-0.2, 0) is 4.74 Å². The number of hydrogen-bond donors (Lipinski definition) is 2. The Labute approximate surface area is 158 Å². The summed E-state index contributed by atoms with van der Waals surface area (Å²) in [7, 11) is 1.94. The molecule has 5 nitrogen and oxygen atoms in total. The van der Waals surface area contributed by atoms with Crippen LogP contribution >= 0.6 is 22.6 Å². The van der Waals surface area contributed by atoms with Crippen LogP contribution in [0.3, 0.4) is 0 Å². The van der Waals surface area contributed by atoms with Crippen molar-refractivity contribution in [3.63, 3.8) is 0 Å². The highest BCUT2D eigenvalue weighted by molar-refractivity contribution is 14.1. The minimum atomic E-state index is -0.441. The topological polar surface area (TPSA) is 53.6 Å². The molecule has 1 saturated heterocycles. The predicted molar refractivity (Wildman–Crippen MR) is 108 cm³/mol. The third-order valence-corrected chi connectivity index (χ3v) is 4.99. The summed E-state index contributed by atoms with van der Waals surface area (Å²) in [6.45, 7) is 8.38. The summed E-state index contributed by atoms with van der Waals surface area (Å²) < 4.78 is 6.56. The van der Waals surface area contributed by atoms with Gasteiger partial charge in [-0.2, -0.15) is 0 Å². The smallest absolute Gasteiger partial charge is 0.407 e. The van der Waals surface area contributed by atoms with Crippen molar-refractivity contribution >= 4 is 40.1 Å². The molecule has 0 saturated carbocycles. The minimum absolute atomic E-state index is 0.317. The fraction of sp³-hybridized carbons (Fsp3) is 0.611. The molecule has 6 heteroatoms. The maximum absolute atomic E-state index is 11.7. The number of halogens is 1. The van der Waals surface area contributed by atoms with Gasteiger partial charge in [0.2, 0.25) is 0 Å². The lowest BCUT2D eigenvalue weighted by Crippen LogP contribution is -2.40. The second-order valence-electron chi connectivity index (χ2n) is 7.23. The van der Waals surface area contributed by atoms with Crippen LogP contribution in [0.15, 0.2) is 18.2 Å². The highest BCUT2D eigenvalue weighted by atomic mass is 127. The van der Waals surface area contributed by atoms with Gasteiger partial charge in [0.15, 0.2) is 0 Å². The van der Waals surface area contributed by atoms with Crippen LogP contribution in [0.5, 0.6) is 0 Å². The average molecular weight is 445 g/mol. The van der Waals surface area contributed by atoms with Gasteiger partial charge in [0, 0.05) is 35.9 Å². The summed E-state index contributed by atoms with van der Waals surface area (Å²) in [5.74, 6) is 0.517. The van der Waals surface area contributed by atoms with E-state index >= 15 is 0 Å². The molecule has 1 amide bonds. The number of alkyl carbamates (subject to hydrolysis) is 1. The molecule has 0 radical (unpaired) electrons. The highest BCUT2D eigenvalue weighted by Gasteiger charge is 2.22. The Morgan fingerprint density at radius 2 is 2.00 bits per heavy atom. The number of rotatable bonds is 4. The SMILES string of the molecule is CNc1ccc(N2CCC(CNC(=O)OC(C)(C)C)CC2)c(I)c1. The zero-order chi connectivity index (χ0) is 17.7. The number of carbonyl (C=O) groups excluding carboxylic acids is 1. The molecule has 1 aromatic rings. The van der Waals surface area contributed by atoms with Gasteiger partial charge in [0.25, 0.3) is 0 Å². The molecule has 2 N–H and O–H groups in total. The molecular formula is C18H28IN3O2. The average Bonchev–Trinajstić information content (AvgIpc) is 2.52. The van der Waals surface area contributed by atoms with Crippen molar-refractivity contribution in [3.8, 4) is 0 Å². The van der Waals surface area contributed by atoms with E-state index in [1.54, 1.807) is 0 Å². The van der Waals surface area contributed by atoms with E-state index in [4.69, 9.17) is 4.74 Å². The molecule has 134 valence electrons. The zero-order valence-corrected chi connectivity index (χ0v) is 17.1. The Kier molecular flexibility index (Phi) is 6.60. The largest absolute Gasteiger partial charge is 0.444 e. The van der Waals surface area contributed by atoms with Crippen LogP contribution in [0.2, 0.25) is 0 Å². The molecule has 1 aromatic carbocycles. The number of carbonyl (C=O) groups is 1. The summed E-state index contributed by atoms with van der Waals surface area (Å²) in [6.07, 6.45) is 1.85. The van der Waals surface area contributed by atoms with Gasteiger partial charge in [-0.1, -0.05) is 0 Å². The second-order valence-corrected chi connectivity index (χ2v) is 8.39. The molecule has 1 aliphatic heterocycles. The maximum Gasteiger partial charge on any atom is 0.407 e. The molecule has 0 spiro atoms. The first-order valence-electron chi connectivity index (χ1n) is 8.47. The monoisotopic (exact) mass is 445 g/mol.